The lowest BCUT2D eigenvalue weighted by atomic mass is 10.1. The first-order valence-corrected chi connectivity index (χ1v) is 8.93. The van der Waals surface area contributed by atoms with Gasteiger partial charge in [-0.1, -0.05) is 0 Å². The molecule has 0 fully saturated rings. The molecule has 2 atom stereocenters. The van der Waals surface area contributed by atoms with Crippen LogP contribution < -0.4 is 20.5 Å². The Labute approximate surface area is 158 Å². The highest BCUT2D eigenvalue weighted by molar-refractivity contribution is 7.99. The van der Waals surface area contributed by atoms with Gasteiger partial charge in [-0.3, -0.25) is 14.9 Å². The first-order chi connectivity index (χ1) is 12.8. The number of nitrogens with zero attached hydrogens (tertiary/aromatic N) is 1. The summed E-state index contributed by atoms with van der Waals surface area (Å²) in [6.45, 7) is 1.61. The lowest BCUT2D eigenvalue weighted by Crippen LogP contribution is -2.42. The molecule has 1 aliphatic heterocycles. The lowest BCUT2D eigenvalue weighted by Gasteiger charge is -2.13. The van der Waals surface area contributed by atoms with Gasteiger partial charge < -0.3 is 30.4 Å². The minimum absolute atomic E-state index is 0.0198. The van der Waals surface area contributed by atoms with E-state index < -0.39 is 23.0 Å². The predicted molar refractivity (Wildman–Crippen MR) is 95.1 cm³/mol. The number of benzene rings is 1. The summed E-state index contributed by atoms with van der Waals surface area (Å²) >= 11 is 1.35. The zero-order valence-electron chi connectivity index (χ0n) is 14.4. The van der Waals surface area contributed by atoms with E-state index in [1.54, 1.807) is 13.0 Å². The van der Waals surface area contributed by atoms with E-state index >= 15 is 0 Å². The Balaban J connectivity index is 1.82. The van der Waals surface area contributed by atoms with Crippen molar-refractivity contribution in [3.05, 3.63) is 27.8 Å². The molecular weight excluding hydrogens is 382 g/mol. The fourth-order valence-electron chi connectivity index (χ4n) is 2.21. The number of ether oxygens (including phenoxy) is 3. The van der Waals surface area contributed by atoms with Crippen LogP contribution in [0.5, 0.6) is 11.5 Å². The van der Waals surface area contributed by atoms with E-state index in [0.717, 1.165) is 0 Å². The molecule has 0 saturated carbocycles. The number of hydrogen-bond acceptors (Lipinski definition) is 9. The van der Waals surface area contributed by atoms with E-state index in [4.69, 9.17) is 25.1 Å². The Morgan fingerprint density at radius 2 is 2.11 bits per heavy atom. The number of rotatable bonds is 9. The highest BCUT2D eigenvalue weighted by Gasteiger charge is 2.26. The average Bonchev–Trinajstić information content (AvgIpc) is 3.09. The summed E-state index contributed by atoms with van der Waals surface area (Å²) in [4.78, 5) is 32.8. The molecule has 148 valence electrons. The smallest absolute Gasteiger partial charge is 0.407 e. The summed E-state index contributed by atoms with van der Waals surface area (Å²) in [6, 6.07) is 1.71. The molecule has 1 aromatic carbocycles. The maximum atomic E-state index is 11.4. The molecule has 27 heavy (non-hydrogen) atoms. The summed E-state index contributed by atoms with van der Waals surface area (Å²) in [5.74, 6) is -0.0637. The second kappa shape index (κ2) is 9.28. The maximum absolute atomic E-state index is 11.4. The molecule has 11 nitrogen and oxygen atoms in total. The lowest BCUT2D eigenvalue weighted by molar-refractivity contribution is -0.385. The van der Waals surface area contributed by atoms with Gasteiger partial charge in [0.15, 0.2) is 11.5 Å². The zero-order chi connectivity index (χ0) is 20.0. The van der Waals surface area contributed by atoms with Crippen molar-refractivity contribution in [2.75, 3.05) is 25.7 Å². The number of fused-ring (bicyclic) bond motifs is 1. The van der Waals surface area contributed by atoms with Gasteiger partial charge in [0.05, 0.1) is 11.0 Å². The summed E-state index contributed by atoms with van der Waals surface area (Å²) in [6.07, 6.45) is -0.783. The van der Waals surface area contributed by atoms with Crippen molar-refractivity contribution in [2.24, 2.45) is 5.73 Å². The number of carbonyl (C=O) groups is 2. The summed E-state index contributed by atoms with van der Waals surface area (Å²) in [5.41, 5.74) is 5.66. The number of carboxylic acid groups (broad SMARTS) is 1. The largest absolute Gasteiger partial charge is 0.480 e. The van der Waals surface area contributed by atoms with Crippen LogP contribution in [0, 0.1) is 10.1 Å². The van der Waals surface area contributed by atoms with Crippen LogP contribution in [0.2, 0.25) is 0 Å². The highest BCUT2D eigenvalue weighted by Crippen LogP contribution is 2.43. The molecule has 0 saturated heterocycles. The number of thioether (sulfide) groups is 1. The fourth-order valence-corrected chi connectivity index (χ4v) is 3.11. The summed E-state index contributed by atoms with van der Waals surface area (Å²) in [7, 11) is 0. The van der Waals surface area contributed by atoms with E-state index in [2.05, 4.69) is 5.32 Å². The number of hydrogen-bond donors (Lipinski definition) is 3. The maximum Gasteiger partial charge on any atom is 0.407 e. The van der Waals surface area contributed by atoms with Gasteiger partial charge in [0, 0.05) is 23.1 Å². The first-order valence-electron chi connectivity index (χ1n) is 7.88. The van der Waals surface area contributed by atoms with Gasteiger partial charge >= 0.3 is 12.1 Å². The van der Waals surface area contributed by atoms with Crippen molar-refractivity contribution in [3.63, 3.8) is 0 Å². The molecule has 0 spiro atoms. The van der Waals surface area contributed by atoms with Crippen molar-refractivity contribution in [1.82, 2.24) is 5.32 Å². The minimum Gasteiger partial charge on any atom is -0.480 e. The van der Waals surface area contributed by atoms with E-state index in [0.29, 0.717) is 22.8 Å². The predicted octanol–water partition coefficient (Wildman–Crippen LogP) is 1.26. The van der Waals surface area contributed by atoms with Crippen LogP contribution in [-0.2, 0) is 9.53 Å². The Morgan fingerprint density at radius 3 is 2.74 bits per heavy atom. The normalized spacial score (nSPS) is 14.3. The Kier molecular flexibility index (Phi) is 7.07. The van der Waals surface area contributed by atoms with Crippen LogP contribution >= 0.6 is 11.8 Å². The molecule has 0 bridgehead atoms. The number of aliphatic carboxylic acids is 1. The quantitative estimate of drug-likeness (QED) is 0.312. The number of carbonyl (C=O) groups excluding carboxylic acids is 1. The second-order valence-electron chi connectivity index (χ2n) is 5.50. The van der Waals surface area contributed by atoms with Gasteiger partial charge in [-0.2, -0.15) is 11.8 Å². The van der Waals surface area contributed by atoms with Crippen LogP contribution in [-0.4, -0.2) is 53.8 Å². The molecule has 1 aromatic rings. The van der Waals surface area contributed by atoms with Crippen LogP contribution in [0.25, 0.3) is 0 Å². The Hall–Kier alpha value is -2.73. The zero-order valence-corrected chi connectivity index (χ0v) is 15.2. The van der Waals surface area contributed by atoms with Gasteiger partial charge in [-0.05, 0) is 13.0 Å². The molecule has 0 unspecified atom stereocenters. The average molecular weight is 401 g/mol. The molecule has 0 aliphatic carbocycles. The molecule has 2 rings (SSSR count). The van der Waals surface area contributed by atoms with Crippen molar-refractivity contribution < 1.29 is 33.8 Å². The van der Waals surface area contributed by atoms with Crippen molar-refractivity contribution in [3.8, 4) is 11.5 Å². The van der Waals surface area contributed by atoms with E-state index in [1.807, 2.05) is 0 Å². The van der Waals surface area contributed by atoms with Gasteiger partial charge in [0.2, 0.25) is 6.79 Å². The number of nitrogens with two attached hydrogens (primary N) is 1. The topological polar surface area (TPSA) is 163 Å². The molecule has 12 heteroatoms. The van der Waals surface area contributed by atoms with Gasteiger partial charge in [0.1, 0.15) is 12.6 Å². The third-order valence-corrected chi connectivity index (χ3v) is 4.78. The minimum atomic E-state index is -1.23. The first kappa shape index (κ1) is 20.6. The van der Waals surface area contributed by atoms with E-state index in [9.17, 15) is 19.7 Å². The van der Waals surface area contributed by atoms with Crippen LogP contribution in [0.15, 0.2) is 12.1 Å². The Bertz CT molecular complexity index is 729. The molecule has 1 heterocycles. The van der Waals surface area contributed by atoms with Gasteiger partial charge in [-0.15, -0.1) is 0 Å². The number of nitro benzene ring substituents is 1. The SMILES string of the molecule is C[C@H](SCCOC(=O)NC[C@@H](N)C(=O)O)c1cc2c(cc1[N+](=O)[O-])OCO2. The van der Waals surface area contributed by atoms with Crippen LogP contribution in [0.4, 0.5) is 10.5 Å². The van der Waals surface area contributed by atoms with Crippen LogP contribution in [0.1, 0.15) is 17.7 Å². The van der Waals surface area contributed by atoms with Crippen molar-refractivity contribution in [2.45, 2.75) is 18.2 Å². The molecule has 0 aromatic heterocycles. The second-order valence-corrected chi connectivity index (χ2v) is 6.94. The molecule has 1 amide bonds. The standard InChI is InChI=1S/C15H19N3O8S/c1-8(27-3-2-24-15(21)17-6-10(16)14(19)20)9-4-12-13(26-7-25-12)5-11(9)18(22)23/h4-5,8,10H,2-3,6-7,16H2,1H3,(H,17,21)(H,19,20)/t8-,10+/m0/s1. The van der Waals surface area contributed by atoms with Crippen molar-refractivity contribution >= 4 is 29.5 Å². The van der Waals surface area contributed by atoms with E-state index in [1.165, 1.54) is 17.8 Å². The Morgan fingerprint density at radius 1 is 1.44 bits per heavy atom. The van der Waals surface area contributed by atoms with Gasteiger partial charge in [-0.25, -0.2) is 4.79 Å². The third-order valence-electron chi connectivity index (χ3n) is 3.62. The monoisotopic (exact) mass is 401 g/mol. The number of nitrogens with one attached hydrogen (secondary N) is 1. The summed E-state index contributed by atoms with van der Waals surface area (Å²) < 4.78 is 15.3. The molecule has 4 N–H and O–H groups in total. The van der Waals surface area contributed by atoms with Crippen LogP contribution in [0.3, 0.4) is 0 Å². The van der Waals surface area contributed by atoms with Crippen molar-refractivity contribution in [1.29, 1.82) is 0 Å². The fraction of sp³-hybridized carbons (Fsp3) is 0.467. The number of alkyl carbamates (subject to hydrolysis) is 1. The number of nitro groups is 1. The summed E-state index contributed by atoms with van der Waals surface area (Å²) in [5, 5.41) is 21.9. The van der Waals surface area contributed by atoms with Gasteiger partial charge in [0.25, 0.3) is 5.69 Å². The molecule has 0 radical (unpaired) electrons. The van der Waals surface area contributed by atoms with E-state index in [-0.39, 0.29) is 30.9 Å². The molecular formula is C15H19N3O8S. The number of amides is 1. The third kappa shape index (κ3) is 5.62. The number of carboxylic acids is 1. The molecule has 1 aliphatic rings. The highest BCUT2D eigenvalue weighted by atomic mass is 32.2.